The number of rotatable bonds is 3. The predicted octanol–water partition coefficient (Wildman–Crippen LogP) is 2.82. The second-order valence-corrected chi connectivity index (χ2v) is 4.98. The van der Waals surface area contributed by atoms with E-state index in [1.807, 2.05) is 12.3 Å². The molecule has 1 rings (SSSR count). The normalized spacial score (nSPS) is 9.69. The van der Waals surface area contributed by atoms with Crippen LogP contribution in [0.2, 0.25) is 0 Å². The third kappa shape index (κ3) is 2.97. The van der Waals surface area contributed by atoms with Crippen molar-refractivity contribution >= 4 is 33.2 Å². The molecule has 1 aromatic rings. The third-order valence-corrected chi connectivity index (χ3v) is 3.10. The van der Waals surface area contributed by atoms with Gasteiger partial charge in [-0.2, -0.15) is 0 Å². The summed E-state index contributed by atoms with van der Waals surface area (Å²) in [5.74, 6) is -0.0591. The fourth-order valence-corrected chi connectivity index (χ4v) is 2.03. The zero-order valence-electron chi connectivity index (χ0n) is 7.26. The summed E-state index contributed by atoms with van der Waals surface area (Å²) in [5, 5.41) is 4.64. The van der Waals surface area contributed by atoms with E-state index in [0.29, 0.717) is 12.1 Å². The van der Waals surface area contributed by atoms with E-state index in [0.717, 1.165) is 9.36 Å². The lowest BCUT2D eigenvalue weighted by Crippen LogP contribution is -2.24. The molecule has 4 heteroatoms. The van der Waals surface area contributed by atoms with Crippen LogP contribution in [-0.2, 0) is 0 Å². The summed E-state index contributed by atoms with van der Waals surface area (Å²) >= 11 is 4.81. The summed E-state index contributed by atoms with van der Waals surface area (Å²) in [6.45, 7) is 6.11. The zero-order valence-corrected chi connectivity index (χ0v) is 9.67. The van der Waals surface area contributed by atoms with E-state index < -0.39 is 0 Å². The Kier molecular flexibility index (Phi) is 3.69. The molecule has 1 aromatic heterocycles. The van der Waals surface area contributed by atoms with E-state index in [1.165, 1.54) is 11.3 Å². The molecule has 0 saturated carbocycles. The number of carbonyl (C=O) groups excluding carboxylic acids is 1. The molecule has 0 aliphatic carbocycles. The fourth-order valence-electron chi connectivity index (χ4n) is 0.782. The van der Waals surface area contributed by atoms with E-state index in [4.69, 9.17) is 0 Å². The average Bonchev–Trinajstić information content (AvgIpc) is 2.47. The Bertz CT molecular complexity index is 332. The lowest BCUT2D eigenvalue weighted by Gasteiger charge is -2.02. The molecule has 0 aliphatic heterocycles. The van der Waals surface area contributed by atoms with Gasteiger partial charge in [-0.15, -0.1) is 11.3 Å². The number of nitrogens with one attached hydrogen (secondary N) is 1. The van der Waals surface area contributed by atoms with Gasteiger partial charge in [0.1, 0.15) is 0 Å². The van der Waals surface area contributed by atoms with Gasteiger partial charge in [-0.25, -0.2) is 0 Å². The molecule has 1 N–H and O–H groups in total. The second-order valence-electron chi connectivity index (χ2n) is 2.75. The minimum atomic E-state index is -0.0591. The van der Waals surface area contributed by atoms with E-state index in [9.17, 15) is 4.79 Å². The Morgan fingerprint density at radius 3 is 2.92 bits per heavy atom. The lowest BCUT2D eigenvalue weighted by atomic mass is 10.3. The SMILES string of the molecule is C=C(C)CNC(=O)c1ccsc1Br. The minimum absolute atomic E-state index is 0.0591. The minimum Gasteiger partial charge on any atom is -0.348 e. The Hall–Kier alpha value is -0.610. The topological polar surface area (TPSA) is 29.1 Å². The van der Waals surface area contributed by atoms with Crippen molar-refractivity contribution in [1.29, 1.82) is 0 Å². The highest BCUT2D eigenvalue weighted by Crippen LogP contribution is 2.22. The van der Waals surface area contributed by atoms with Gasteiger partial charge in [0, 0.05) is 6.54 Å². The van der Waals surface area contributed by atoms with Crippen molar-refractivity contribution in [3.63, 3.8) is 0 Å². The van der Waals surface area contributed by atoms with Crippen LogP contribution in [0.5, 0.6) is 0 Å². The van der Waals surface area contributed by atoms with Gasteiger partial charge in [0.25, 0.3) is 5.91 Å². The van der Waals surface area contributed by atoms with Crippen LogP contribution in [0.1, 0.15) is 17.3 Å². The zero-order chi connectivity index (χ0) is 9.84. The Labute approximate surface area is 89.8 Å². The third-order valence-electron chi connectivity index (χ3n) is 1.41. The van der Waals surface area contributed by atoms with Crippen LogP contribution >= 0.6 is 27.3 Å². The van der Waals surface area contributed by atoms with E-state index >= 15 is 0 Å². The number of carbonyl (C=O) groups is 1. The highest BCUT2D eigenvalue weighted by Gasteiger charge is 2.09. The van der Waals surface area contributed by atoms with Crippen LogP contribution < -0.4 is 5.32 Å². The molecule has 0 aliphatic rings. The fraction of sp³-hybridized carbons (Fsp3) is 0.222. The lowest BCUT2D eigenvalue weighted by molar-refractivity contribution is 0.0957. The number of thiophene rings is 1. The van der Waals surface area contributed by atoms with Crippen molar-refractivity contribution in [3.8, 4) is 0 Å². The average molecular weight is 260 g/mol. The first kappa shape index (κ1) is 10.5. The molecule has 0 atom stereocenters. The summed E-state index contributed by atoms with van der Waals surface area (Å²) in [4.78, 5) is 11.5. The molecule has 0 aromatic carbocycles. The molecule has 0 bridgehead atoms. The van der Waals surface area contributed by atoms with Crippen molar-refractivity contribution in [2.24, 2.45) is 0 Å². The highest BCUT2D eigenvalue weighted by molar-refractivity contribution is 9.11. The quantitative estimate of drug-likeness (QED) is 0.832. The maximum absolute atomic E-state index is 11.5. The van der Waals surface area contributed by atoms with Gasteiger partial charge in [-0.3, -0.25) is 4.79 Å². The first-order valence-corrected chi connectivity index (χ1v) is 5.44. The van der Waals surface area contributed by atoms with Gasteiger partial charge in [-0.1, -0.05) is 12.2 Å². The van der Waals surface area contributed by atoms with Crippen LogP contribution in [0.25, 0.3) is 0 Å². The van der Waals surface area contributed by atoms with Crippen LogP contribution in [-0.4, -0.2) is 12.5 Å². The van der Waals surface area contributed by atoms with Gasteiger partial charge in [-0.05, 0) is 34.3 Å². The molecule has 0 fully saturated rings. The molecule has 1 amide bonds. The van der Waals surface area contributed by atoms with E-state index in [2.05, 4.69) is 27.8 Å². The first-order chi connectivity index (χ1) is 6.11. The Morgan fingerprint density at radius 1 is 1.77 bits per heavy atom. The second kappa shape index (κ2) is 4.58. The molecule has 13 heavy (non-hydrogen) atoms. The summed E-state index contributed by atoms with van der Waals surface area (Å²) < 4.78 is 0.867. The molecule has 0 saturated heterocycles. The number of amides is 1. The van der Waals surface area contributed by atoms with Gasteiger partial charge < -0.3 is 5.32 Å². The Balaban J connectivity index is 2.59. The Morgan fingerprint density at radius 2 is 2.46 bits per heavy atom. The molecule has 70 valence electrons. The first-order valence-electron chi connectivity index (χ1n) is 3.77. The standard InChI is InChI=1S/C9H10BrNOS/c1-6(2)5-11-9(12)7-3-4-13-8(7)10/h3-4H,1,5H2,2H3,(H,11,12). The van der Waals surface area contributed by atoms with Crippen LogP contribution in [0.15, 0.2) is 27.4 Å². The molecule has 2 nitrogen and oxygen atoms in total. The monoisotopic (exact) mass is 259 g/mol. The van der Waals surface area contributed by atoms with Gasteiger partial charge in [0.2, 0.25) is 0 Å². The van der Waals surface area contributed by atoms with Crippen molar-refractivity contribution < 1.29 is 4.79 Å². The molecular weight excluding hydrogens is 250 g/mol. The summed E-state index contributed by atoms with van der Waals surface area (Å²) in [5.41, 5.74) is 1.63. The molecule has 0 spiro atoms. The highest BCUT2D eigenvalue weighted by atomic mass is 79.9. The van der Waals surface area contributed by atoms with E-state index in [-0.39, 0.29) is 5.91 Å². The van der Waals surface area contributed by atoms with Gasteiger partial charge in [0.15, 0.2) is 0 Å². The summed E-state index contributed by atoms with van der Waals surface area (Å²) in [6, 6.07) is 1.79. The maximum atomic E-state index is 11.5. The number of halogens is 1. The largest absolute Gasteiger partial charge is 0.348 e. The van der Waals surface area contributed by atoms with Crippen LogP contribution in [0, 0.1) is 0 Å². The summed E-state index contributed by atoms with van der Waals surface area (Å²) in [6.07, 6.45) is 0. The molecular formula is C9H10BrNOS. The van der Waals surface area contributed by atoms with Gasteiger partial charge in [0.05, 0.1) is 9.35 Å². The molecule has 0 radical (unpaired) electrons. The van der Waals surface area contributed by atoms with E-state index in [1.54, 1.807) is 6.07 Å². The van der Waals surface area contributed by atoms with Gasteiger partial charge >= 0.3 is 0 Å². The van der Waals surface area contributed by atoms with Crippen molar-refractivity contribution in [1.82, 2.24) is 5.32 Å². The predicted molar refractivity (Wildman–Crippen MR) is 59.2 cm³/mol. The van der Waals surface area contributed by atoms with Crippen molar-refractivity contribution in [3.05, 3.63) is 32.9 Å². The number of hydrogen-bond donors (Lipinski definition) is 1. The van der Waals surface area contributed by atoms with Crippen molar-refractivity contribution in [2.45, 2.75) is 6.92 Å². The number of hydrogen-bond acceptors (Lipinski definition) is 2. The van der Waals surface area contributed by atoms with Crippen molar-refractivity contribution in [2.75, 3.05) is 6.54 Å². The maximum Gasteiger partial charge on any atom is 0.253 e. The molecule has 0 unspecified atom stereocenters. The summed E-state index contributed by atoms with van der Waals surface area (Å²) in [7, 11) is 0. The van der Waals surface area contributed by atoms with Crippen LogP contribution in [0.4, 0.5) is 0 Å². The molecule has 1 heterocycles. The van der Waals surface area contributed by atoms with Crippen LogP contribution in [0.3, 0.4) is 0 Å². The smallest absolute Gasteiger partial charge is 0.253 e.